The van der Waals surface area contributed by atoms with E-state index in [2.05, 4.69) is 24.3 Å². The van der Waals surface area contributed by atoms with Crippen molar-refractivity contribution in [3.05, 3.63) is 48.6 Å². The van der Waals surface area contributed by atoms with Crippen molar-refractivity contribution in [2.75, 3.05) is 0 Å². The van der Waals surface area contributed by atoms with Crippen molar-refractivity contribution in [1.82, 2.24) is 0 Å². The molecule has 0 heterocycles. The summed E-state index contributed by atoms with van der Waals surface area (Å²) in [6, 6.07) is 0. The quantitative estimate of drug-likeness (QED) is 0.424. The van der Waals surface area contributed by atoms with Gasteiger partial charge in [0, 0.05) is 0 Å². The maximum absolute atomic E-state index is 2.99. The summed E-state index contributed by atoms with van der Waals surface area (Å²) in [4.78, 5) is 0. The van der Waals surface area contributed by atoms with Gasteiger partial charge in [-0.1, -0.05) is 0 Å². The monoisotopic (exact) mass is 412 g/mol. The minimum absolute atomic E-state index is 0. The fourth-order valence-corrected chi connectivity index (χ4v) is 0.680. The van der Waals surface area contributed by atoms with Gasteiger partial charge in [0.15, 0.2) is 0 Å². The zero-order valence-electron chi connectivity index (χ0n) is 7.90. The van der Waals surface area contributed by atoms with Gasteiger partial charge >= 0.3 is 29.9 Å². The fraction of sp³-hybridized carbons (Fsp3) is 0.200. The third-order valence-electron chi connectivity index (χ3n) is 1.17. The van der Waals surface area contributed by atoms with Crippen LogP contribution in [-0.4, -0.2) is 6.94 Å². The summed E-state index contributed by atoms with van der Waals surface area (Å²) in [7, 11) is 0. The molecule has 0 aliphatic heterocycles. The molecule has 0 atom stereocenters. The Balaban J connectivity index is -0.000000131. The van der Waals surface area contributed by atoms with Crippen LogP contribution in [0.2, 0.25) is 0 Å². The molecule has 0 amide bonds. The van der Waals surface area contributed by atoms with Crippen molar-refractivity contribution in [2.45, 2.75) is 12.8 Å². The van der Waals surface area contributed by atoms with Crippen molar-refractivity contribution in [1.29, 1.82) is 0 Å². The molecule has 2 rings (SSSR count). The van der Waals surface area contributed by atoms with Crippen LogP contribution in [0.15, 0.2) is 36.5 Å². The fourth-order valence-electron chi connectivity index (χ4n) is 0.680. The van der Waals surface area contributed by atoms with E-state index in [1.807, 2.05) is 31.2 Å². The Kier molecular flexibility index (Phi) is 27.6. The molecular weight excluding hydrogens is 398 g/mol. The van der Waals surface area contributed by atoms with Crippen molar-refractivity contribution < 1.29 is 23.0 Å². The van der Waals surface area contributed by atoms with Crippen LogP contribution < -0.4 is 0 Å². The predicted octanol–water partition coefficient (Wildman–Crippen LogP) is 2.54. The first kappa shape index (κ1) is 20.1. The Morgan fingerprint density at radius 3 is 1.29 bits per heavy atom. The second-order valence-electron chi connectivity index (χ2n) is 2.01. The molecule has 0 fully saturated rings. The van der Waals surface area contributed by atoms with Crippen LogP contribution in [0.1, 0.15) is 12.8 Å². The van der Waals surface area contributed by atoms with Crippen molar-refractivity contribution in [2.24, 2.45) is 0 Å². The van der Waals surface area contributed by atoms with E-state index in [4.69, 9.17) is 0 Å². The second-order valence-corrected chi connectivity index (χ2v) is 2.01. The summed E-state index contributed by atoms with van der Waals surface area (Å²) >= 11 is 1.33. The normalized spacial score (nSPS) is 13.0. The minimum atomic E-state index is 0. The predicted molar refractivity (Wildman–Crippen MR) is 66.2 cm³/mol. The average molecular weight is 412 g/mol. The first-order valence-electron chi connectivity index (χ1n) is 3.79. The molecule has 0 nitrogen and oxygen atoms in total. The van der Waals surface area contributed by atoms with E-state index in [9.17, 15) is 0 Å². The van der Waals surface area contributed by atoms with E-state index < -0.39 is 0 Å². The molecule has 14 heavy (non-hydrogen) atoms. The Morgan fingerprint density at radius 2 is 1.21 bits per heavy atom. The number of hydrogen-bond acceptors (Lipinski definition) is 0. The first-order chi connectivity index (χ1) is 6.00. The van der Waals surface area contributed by atoms with E-state index in [-0.39, 0.29) is 24.8 Å². The Hall–Kier alpha value is 0.627. The molecule has 2 aliphatic carbocycles. The van der Waals surface area contributed by atoms with Crippen LogP contribution in [0, 0.1) is 12.2 Å². The summed E-state index contributed by atoms with van der Waals surface area (Å²) in [5.74, 6) is 0. The molecule has 0 spiro atoms. The Morgan fingerprint density at radius 1 is 0.857 bits per heavy atom. The summed E-state index contributed by atoms with van der Waals surface area (Å²) in [6.07, 6.45) is 20.0. The average Bonchev–Trinajstić information content (AvgIpc) is 2.87. The zero-order valence-corrected chi connectivity index (χ0v) is 14.5. The molecule has 0 saturated carbocycles. The molecule has 0 unspecified atom stereocenters. The summed E-state index contributed by atoms with van der Waals surface area (Å²) in [6.45, 7) is 2.00. The summed E-state index contributed by atoms with van der Waals surface area (Å²) in [5.41, 5.74) is 0. The van der Waals surface area contributed by atoms with Crippen LogP contribution in [0.25, 0.3) is 0 Å². The van der Waals surface area contributed by atoms with Crippen LogP contribution in [-0.2, 0) is 23.0 Å². The third kappa shape index (κ3) is 15.1. The van der Waals surface area contributed by atoms with Gasteiger partial charge in [0.1, 0.15) is 0 Å². The van der Waals surface area contributed by atoms with Gasteiger partial charge in [0.05, 0.1) is 0 Å². The summed E-state index contributed by atoms with van der Waals surface area (Å²) in [5, 5.41) is 0. The van der Waals surface area contributed by atoms with E-state index in [1.165, 1.54) is 23.0 Å². The van der Waals surface area contributed by atoms with E-state index in [1.54, 1.807) is 0 Å². The molecular formula is C10H14Cl2HfSi. The zero-order chi connectivity index (χ0) is 9.07. The van der Waals surface area contributed by atoms with Gasteiger partial charge in [-0.15, -0.1) is 37.7 Å². The Bertz CT molecular complexity index is 168. The number of hydrogen-bond donors (Lipinski definition) is 0. The molecule has 0 aromatic heterocycles. The third-order valence-corrected chi connectivity index (χ3v) is 1.17. The molecule has 2 aliphatic rings. The van der Waals surface area contributed by atoms with Crippen LogP contribution >= 0.6 is 24.8 Å². The topological polar surface area (TPSA) is 0 Å². The van der Waals surface area contributed by atoms with Crippen molar-refractivity contribution >= 4 is 31.8 Å². The van der Waals surface area contributed by atoms with Crippen molar-refractivity contribution in [3.63, 3.8) is 0 Å². The molecule has 0 aromatic carbocycles. The van der Waals surface area contributed by atoms with Crippen molar-refractivity contribution in [3.8, 4) is 0 Å². The molecule has 0 aromatic rings. The molecule has 0 saturated heterocycles. The van der Waals surface area contributed by atoms with Gasteiger partial charge in [-0.25, -0.2) is 24.3 Å². The van der Waals surface area contributed by atoms with Gasteiger partial charge < -0.3 is 0 Å². The van der Waals surface area contributed by atoms with E-state index in [0.717, 1.165) is 12.8 Å². The number of halogens is 2. The molecule has 0 N–H and O–H groups in total. The van der Waals surface area contributed by atoms with Gasteiger partial charge in [0.25, 0.3) is 0 Å². The van der Waals surface area contributed by atoms with E-state index in [0.29, 0.717) is 0 Å². The van der Waals surface area contributed by atoms with Gasteiger partial charge in [-0.05, 0) is 0 Å². The summed E-state index contributed by atoms with van der Waals surface area (Å²) < 4.78 is 0. The maximum atomic E-state index is 2.99. The molecule has 4 heteroatoms. The van der Waals surface area contributed by atoms with Crippen LogP contribution in [0.3, 0.4) is 0 Å². The van der Waals surface area contributed by atoms with Crippen LogP contribution in [0.4, 0.5) is 0 Å². The van der Waals surface area contributed by atoms with Gasteiger partial charge in [-0.2, -0.15) is 12.2 Å². The number of rotatable bonds is 0. The van der Waals surface area contributed by atoms with Gasteiger partial charge in [-0.3, -0.25) is 12.2 Å². The molecule has 76 valence electrons. The Labute approximate surface area is 115 Å². The van der Waals surface area contributed by atoms with Gasteiger partial charge in [0.2, 0.25) is 0 Å². The first-order valence-corrected chi connectivity index (χ1v) is 12.1. The molecule has 0 radical (unpaired) electrons. The standard InChI is InChI=1S/2C5H5.2ClH.Hf.H2Si/c2*1-2-4-5-3-1;;;;/h2*1-3H,4H2;2*1H;;1H2/q2*-1;;;+2;. The van der Waals surface area contributed by atoms with Crippen LogP contribution in [0.5, 0.6) is 0 Å². The number of allylic oxidation sites excluding steroid dienone is 8. The molecule has 0 bridgehead atoms. The second kappa shape index (κ2) is 19.2. The SMILES string of the molecule is Cl.Cl.[C-]1=CC=CC1.[C-]1=CC=CC1.[SiH2]=[Hf+2]. The van der Waals surface area contributed by atoms with E-state index >= 15 is 0 Å².